The molecule has 160 valence electrons. The highest BCUT2D eigenvalue weighted by Crippen LogP contribution is 2.38. The summed E-state index contributed by atoms with van der Waals surface area (Å²) in [5.74, 6) is -7.42. The van der Waals surface area contributed by atoms with Gasteiger partial charge in [0, 0.05) is 11.3 Å². The minimum atomic E-state index is -1.82. The maximum absolute atomic E-state index is 14.3. The molecule has 0 bridgehead atoms. The van der Waals surface area contributed by atoms with Crippen LogP contribution in [0.5, 0.6) is 0 Å². The number of cyclic esters (lactones) is 1. The monoisotopic (exact) mass is 435 g/mol. The summed E-state index contributed by atoms with van der Waals surface area (Å²) < 4.78 is 32.7. The van der Waals surface area contributed by atoms with Crippen LogP contribution in [0.1, 0.15) is 32.4 Å². The SMILES string of the molecule is O=C(Nc1ccc(F)cc1)C(=O)[C@H](C(=O)c1ccccc1F)[C@@H]1OC(=O)c2ccccc21. The van der Waals surface area contributed by atoms with Crippen molar-refractivity contribution in [2.24, 2.45) is 5.92 Å². The first kappa shape index (κ1) is 21.0. The van der Waals surface area contributed by atoms with Crippen LogP contribution in [0, 0.1) is 17.6 Å². The van der Waals surface area contributed by atoms with E-state index >= 15 is 0 Å². The van der Waals surface area contributed by atoms with E-state index in [9.17, 15) is 28.0 Å². The van der Waals surface area contributed by atoms with Gasteiger partial charge in [-0.3, -0.25) is 14.4 Å². The lowest BCUT2D eigenvalue weighted by Crippen LogP contribution is -2.38. The Labute approximate surface area is 180 Å². The van der Waals surface area contributed by atoms with E-state index in [1.54, 1.807) is 12.1 Å². The largest absolute Gasteiger partial charge is 0.453 e. The Hall–Kier alpha value is -4.20. The van der Waals surface area contributed by atoms with E-state index in [4.69, 9.17) is 4.74 Å². The van der Waals surface area contributed by atoms with E-state index in [0.717, 1.165) is 18.2 Å². The number of ketones is 2. The molecule has 0 aromatic heterocycles. The van der Waals surface area contributed by atoms with Gasteiger partial charge in [0.15, 0.2) is 5.78 Å². The van der Waals surface area contributed by atoms with E-state index in [2.05, 4.69) is 5.32 Å². The lowest BCUT2D eigenvalue weighted by atomic mass is 9.84. The predicted molar refractivity (Wildman–Crippen MR) is 109 cm³/mol. The fourth-order valence-corrected chi connectivity index (χ4v) is 3.51. The highest BCUT2D eigenvalue weighted by Gasteiger charge is 2.46. The Kier molecular flexibility index (Phi) is 5.59. The number of rotatable bonds is 6. The predicted octanol–water partition coefficient (Wildman–Crippen LogP) is 3.88. The van der Waals surface area contributed by atoms with Crippen molar-refractivity contribution >= 4 is 29.1 Å². The van der Waals surface area contributed by atoms with Crippen molar-refractivity contribution in [2.75, 3.05) is 5.32 Å². The van der Waals surface area contributed by atoms with Crippen LogP contribution < -0.4 is 5.32 Å². The molecule has 0 unspecified atom stereocenters. The van der Waals surface area contributed by atoms with E-state index in [1.165, 1.54) is 42.5 Å². The van der Waals surface area contributed by atoms with E-state index < -0.39 is 52.7 Å². The molecule has 1 aliphatic heterocycles. The zero-order valence-electron chi connectivity index (χ0n) is 16.4. The summed E-state index contributed by atoms with van der Waals surface area (Å²) in [6, 6.07) is 15.8. The summed E-state index contributed by atoms with van der Waals surface area (Å²) in [6.45, 7) is 0. The Balaban J connectivity index is 1.72. The number of benzene rings is 3. The van der Waals surface area contributed by atoms with E-state index in [-0.39, 0.29) is 16.8 Å². The molecule has 0 saturated heterocycles. The smallest absolute Gasteiger partial charge is 0.339 e. The van der Waals surface area contributed by atoms with Crippen LogP contribution in [0.2, 0.25) is 0 Å². The fourth-order valence-electron chi connectivity index (χ4n) is 3.51. The Morgan fingerprint density at radius 2 is 1.53 bits per heavy atom. The van der Waals surface area contributed by atoms with Gasteiger partial charge in [-0.05, 0) is 42.5 Å². The quantitative estimate of drug-likeness (QED) is 0.275. The van der Waals surface area contributed by atoms with Crippen LogP contribution >= 0.6 is 0 Å². The molecule has 1 aliphatic rings. The summed E-state index contributed by atoms with van der Waals surface area (Å²) >= 11 is 0. The minimum Gasteiger partial charge on any atom is -0.453 e. The van der Waals surface area contributed by atoms with Crippen LogP contribution in [0.3, 0.4) is 0 Å². The molecule has 3 aromatic carbocycles. The van der Waals surface area contributed by atoms with Gasteiger partial charge in [0.05, 0.1) is 11.1 Å². The first-order chi connectivity index (χ1) is 15.4. The van der Waals surface area contributed by atoms with Crippen LogP contribution in [0.4, 0.5) is 14.5 Å². The Morgan fingerprint density at radius 1 is 0.875 bits per heavy atom. The molecule has 2 atom stereocenters. The number of hydrogen-bond donors (Lipinski definition) is 1. The van der Waals surface area contributed by atoms with Crippen molar-refractivity contribution in [3.8, 4) is 0 Å². The Morgan fingerprint density at radius 3 is 2.25 bits per heavy atom. The number of halogens is 2. The van der Waals surface area contributed by atoms with Gasteiger partial charge < -0.3 is 10.1 Å². The maximum Gasteiger partial charge on any atom is 0.339 e. The third kappa shape index (κ3) is 3.90. The molecule has 32 heavy (non-hydrogen) atoms. The number of carbonyl (C=O) groups excluding carboxylic acids is 4. The molecular weight excluding hydrogens is 420 g/mol. The third-order valence-corrected chi connectivity index (χ3v) is 5.05. The van der Waals surface area contributed by atoms with Gasteiger partial charge in [-0.15, -0.1) is 0 Å². The highest BCUT2D eigenvalue weighted by molar-refractivity contribution is 6.45. The lowest BCUT2D eigenvalue weighted by molar-refractivity contribution is -0.138. The molecule has 1 N–H and O–H groups in total. The molecular formula is C24H15F2NO5. The molecule has 4 rings (SSSR count). The van der Waals surface area contributed by atoms with Crippen molar-refractivity contribution in [3.63, 3.8) is 0 Å². The number of carbonyl (C=O) groups is 4. The van der Waals surface area contributed by atoms with Gasteiger partial charge >= 0.3 is 5.97 Å². The van der Waals surface area contributed by atoms with Crippen molar-refractivity contribution in [1.29, 1.82) is 0 Å². The molecule has 1 amide bonds. The van der Waals surface area contributed by atoms with Gasteiger partial charge in [0.1, 0.15) is 23.7 Å². The zero-order chi connectivity index (χ0) is 22.8. The van der Waals surface area contributed by atoms with Crippen molar-refractivity contribution in [1.82, 2.24) is 0 Å². The number of amides is 1. The van der Waals surface area contributed by atoms with Gasteiger partial charge in [0.25, 0.3) is 5.91 Å². The van der Waals surface area contributed by atoms with Gasteiger partial charge in [-0.25, -0.2) is 13.6 Å². The zero-order valence-corrected chi connectivity index (χ0v) is 16.4. The normalized spacial score (nSPS) is 15.4. The highest BCUT2D eigenvalue weighted by atomic mass is 19.1. The molecule has 8 heteroatoms. The first-order valence-corrected chi connectivity index (χ1v) is 9.56. The van der Waals surface area contributed by atoms with Gasteiger partial charge in [-0.2, -0.15) is 0 Å². The topological polar surface area (TPSA) is 89.5 Å². The number of hydrogen-bond acceptors (Lipinski definition) is 5. The Bertz CT molecular complexity index is 1240. The van der Waals surface area contributed by atoms with Crippen LogP contribution in [0.15, 0.2) is 72.8 Å². The summed E-state index contributed by atoms with van der Waals surface area (Å²) in [4.78, 5) is 51.3. The van der Waals surface area contributed by atoms with Crippen LogP contribution in [-0.4, -0.2) is 23.4 Å². The molecule has 6 nitrogen and oxygen atoms in total. The second-order valence-corrected chi connectivity index (χ2v) is 7.06. The summed E-state index contributed by atoms with van der Waals surface area (Å²) in [5.41, 5.74) is 0.0946. The first-order valence-electron chi connectivity index (χ1n) is 9.56. The second kappa shape index (κ2) is 8.50. The summed E-state index contributed by atoms with van der Waals surface area (Å²) in [5, 5.41) is 2.29. The number of esters is 1. The molecule has 0 radical (unpaired) electrons. The standard InChI is InChI=1S/C24H15F2NO5/c25-13-9-11-14(12-10-13)27-23(30)21(29)19(20(28)17-7-3-4-8-18(17)26)22-15-5-1-2-6-16(15)24(31)32-22/h1-12,19,22H,(H,27,30)/t19-,22+/m0/s1. The van der Waals surface area contributed by atoms with Crippen molar-refractivity contribution in [3.05, 3.63) is 101 Å². The minimum absolute atomic E-state index is 0.116. The average molecular weight is 435 g/mol. The number of ether oxygens (including phenoxy) is 1. The molecule has 0 fully saturated rings. The second-order valence-electron chi connectivity index (χ2n) is 7.06. The lowest BCUT2D eigenvalue weighted by Gasteiger charge is -2.21. The molecule has 0 saturated carbocycles. The van der Waals surface area contributed by atoms with Gasteiger partial charge in [-0.1, -0.05) is 30.3 Å². The number of anilines is 1. The fraction of sp³-hybridized carbons (Fsp3) is 0.0833. The average Bonchev–Trinajstić information content (AvgIpc) is 3.12. The number of Topliss-reactive ketones (excluding diaryl/α,β-unsaturated/α-hetero) is 2. The summed E-state index contributed by atoms with van der Waals surface area (Å²) in [7, 11) is 0. The van der Waals surface area contributed by atoms with Gasteiger partial charge in [0.2, 0.25) is 5.78 Å². The summed E-state index contributed by atoms with van der Waals surface area (Å²) in [6.07, 6.45) is -1.41. The van der Waals surface area contributed by atoms with E-state index in [1.807, 2.05) is 0 Å². The third-order valence-electron chi connectivity index (χ3n) is 5.05. The number of fused-ring (bicyclic) bond motifs is 1. The van der Waals surface area contributed by atoms with Crippen LogP contribution in [-0.2, 0) is 14.3 Å². The van der Waals surface area contributed by atoms with E-state index in [0.29, 0.717) is 0 Å². The maximum atomic E-state index is 14.3. The molecule has 3 aromatic rings. The molecule has 0 aliphatic carbocycles. The number of nitrogens with one attached hydrogen (secondary N) is 1. The van der Waals surface area contributed by atoms with Crippen molar-refractivity contribution < 1.29 is 32.7 Å². The van der Waals surface area contributed by atoms with Crippen molar-refractivity contribution in [2.45, 2.75) is 6.10 Å². The molecule has 1 heterocycles. The van der Waals surface area contributed by atoms with Crippen LogP contribution in [0.25, 0.3) is 0 Å². The molecule has 0 spiro atoms.